The van der Waals surface area contributed by atoms with Gasteiger partial charge in [0.05, 0.1) is 5.92 Å². The number of nitrogens with zero attached hydrogens (tertiary/aromatic N) is 2. The molecule has 4 nitrogen and oxygen atoms in total. The molecular weight excluding hydrogens is 262 g/mol. The molecule has 1 amide bonds. The molecule has 2 rings (SSSR count). The van der Waals surface area contributed by atoms with Gasteiger partial charge in [0.2, 0.25) is 5.91 Å². The maximum absolute atomic E-state index is 12.7. The lowest BCUT2D eigenvalue weighted by Crippen LogP contribution is -2.55. The van der Waals surface area contributed by atoms with Gasteiger partial charge in [-0.25, -0.2) is 0 Å². The molecule has 2 atom stereocenters. The second-order valence-corrected chi connectivity index (χ2v) is 5.95. The molecule has 1 aliphatic heterocycles. The van der Waals surface area contributed by atoms with Crippen LogP contribution in [0.25, 0.3) is 0 Å². The van der Waals surface area contributed by atoms with Gasteiger partial charge >= 0.3 is 0 Å². The minimum atomic E-state index is -0.103. The van der Waals surface area contributed by atoms with Crippen LogP contribution in [0, 0.1) is 5.92 Å². The van der Waals surface area contributed by atoms with Gasteiger partial charge in [0.1, 0.15) is 0 Å². The first-order chi connectivity index (χ1) is 10.2. The van der Waals surface area contributed by atoms with Gasteiger partial charge in [-0.1, -0.05) is 37.3 Å². The van der Waals surface area contributed by atoms with Crippen molar-refractivity contribution in [2.45, 2.75) is 25.8 Å². The highest BCUT2D eigenvalue weighted by Crippen LogP contribution is 2.16. The third-order valence-corrected chi connectivity index (χ3v) is 4.52. The second-order valence-electron chi connectivity index (χ2n) is 5.95. The Bertz CT molecular complexity index is 449. The summed E-state index contributed by atoms with van der Waals surface area (Å²) in [6.45, 7) is 5.19. The van der Waals surface area contributed by atoms with Crippen molar-refractivity contribution in [1.82, 2.24) is 9.80 Å². The summed E-state index contributed by atoms with van der Waals surface area (Å²) < 4.78 is 0. The predicted octanol–water partition coefficient (Wildman–Crippen LogP) is 1.36. The first kappa shape index (κ1) is 16.0. The third-order valence-electron chi connectivity index (χ3n) is 4.52. The van der Waals surface area contributed by atoms with Crippen LogP contribution in [0.5, 0.6) is 0 Å². The molecule has 4 heteroatoms. The van der Waals surface area contributed by atoms with Crippen molar-refractivity contribution in [2.24, 2.45) is 11.7 Å². The molecular formula is C17H27N3O. The van der Waals surface area contributed by atoms with Gasteiger partial charge in [-0.2, -0.15) is 0 Å². The Kier molecular flexibility index (Phi) is 5.76. The molecule has 0 spiro atoms. The highest BCUT2D eigenvalue weighted by Gasteiger charge is 2.29. The van der Waals surface area contributed by atoms with Crippen molar-refractivity contribution in [3.8, 4) is 0 Å². The molecule has 0 saturated carbocycles. The van der Waals surface area contributed by atoms with Crippen LogP contribution in [0.15, 0.2) is 30.3 Å². The van der Waals surface area contributed by atoms with Crippen molar-refractivity contribution in [3.63, 3.8) is 0 Å². The first-order valence-electron chi connectivity index (χ1n) is 7.88. The molecule has 1 aliphatic rings. The molecule has 1 aromatic rings. The van der Waals surface area contributed by atoms with Crippen LogP contribution in [-0.4, -0.2) is 55.0 Å². The molecule has 2 N–H and O–H groups in total. The quantitative estimate of drug-likeness (QED) is 0.890. The van der Waals surface area contributed by atoms with E-state index in [-0.39, 0.29) is 11.8 Å². The Morgan fingerprint density at radius 3 is 2.67 bits per heavy atom. The maximum Gasteiger partial charge on any atom is 0.227 e. The normalized spacial score (nSPS) is 21.3. The average molecular weight is 289 g/mol. The molecule has 0 aromatic heterocycles. The van der Waals surface area contributed by atoms with E-state index >= 15 is 0 Å². The summed E-state index contributed by atoms with van der Waals surface area (Å²) in [4.78, 5) is 17.1. The Labute approximate surface area is 127 Å². The van der Waals surface area contributed by atoms with E-state index in [0.717, 1.165) is 32.5 Å². The lowest BCUT2D eigenvalue weighted by atomic mass is 9.97. The molecule has 1 fully saturated rings. The summed E-state index contributed by atoms with van der Waals surface area (Å²) in [7, 11) is 2.14. The average Bonchev–Trinajstić information content (AvgIpc) is 2.53. The van der Waals surface area contributed by atoms with E-state index < -0.39 is 0 Å². The monoisotopic (exact) mass is 289 g/mol. The molecule has 1 aromatic carbocycles. The highest BCUT2D eigenvalue weighted by molar-refractivity contribution is 5.79. The van der Waals surface area contributed by atoms with Gasteiger partial charge < -0.3 is 10.6 Å². The smallest absolute Gasteiger partial charge is 0.227 e. The molecule has 2 unspecified atom stereocenters. The van der Waals surface area contributed by atoms with Gasteiger partial charge in [0, 0.05) is 32.2 Å². The Hall–Kier alpha value is -1.39. The van der Waals surface area contributed by atoms with E-state index in [1.807, 2.05) is 23.1 Å². The summed E-state index contributed by atoms with van der Waals surface area (Å²) in [5, 5.41) is 0. The van der Waals surface area contributed by atoms with Crippen LogP contribution >= 0.6 is 0 Å². The minimum Gasteiger partial charge on any atom is -0.340 e. The molecule has 116 valence electrons. The molecule has 1 heterocycles. The largest absolute Gasteiger partial charge is 0.340 e. The van der Waals surface area contributed by atoms with Gasteiger partial charge in [-0.05, 0) is 25.5 Å². The van der Waals surface area contributed by atoms with Crippen LogP contribution in [-0.2, 0) is 11.2 Å². The zero-order chi connectivity index (χ0) is 15.2. The van der Waals surface area contributed by atoms with Gasteiger partial charge in [0.15, 0.2) is 0 Å². The topological polar surface area (TPSA) is 49.6 Å². The fourth-order valence-electron chi connectivity index (χ4n) is 3.02. The minimum absolute atomic E-state index is 0.103. The number of likely N-dealkylation sites (N-methyl/N-ethyl adjacent to an activating group) is 1. The van der Waals surface area contributed by atoms with Gasteiger partial charge in [0.25, 0.3) is 0 Å². The number of hydrogen-bond acceptors (Lipinski definition) is 3. The highest BCUT2D eigenvalue weighted by atomic mass is 16.2. The zero-order valence-electron chi connectivity index (χ0n) is 13.2. The number of carbonyl (C=O) groups is 1. The van der Waals surface area contributed by atoms with Crippen molar-refractivity contribution in [3.05, 3.63) is 35.9 Å². The number of carbonyl (C=O) groups excluding carboxylic acids is 1. The van der Waals surface area contributed by atoms with E-state index in [0.29, 0.717) is 12.6 Å². The van der Waals surface area contributed by atoms with Crippen LogP contribution in [0.1, 0.15) is 18.9 Å². The van der Waals surface area contributed by atoms with E-state index in [4.69, 9.17) is 5.73 Å². The van der Waals surface area contributed by atoms with E-state index in [9.17, 15) is 4.79 Å². The Morgan fingerprint density at radius 1 is 1.33 bits per heavy atom. The molecule has 0 radical (unpaired) electrons. The Morgan fingerprint density at radius 2 is 2.05 bits per heavy atom. The fourth-order valence-corrected chi connectivity index (χ4v) is 3.02. The number of piperazine rings is 1. The number of rotatable bonds is 5. The summed E-state index contributed by atoms with van der Waals surface area (Å²) >= 11 is 0. The van der Waals surface area contributed by atoms with Crippen molar-refractivity contribution in [1.29, 1.82) is 0 Å². The van der Waals surface area contributed by atoms with E-state index in [1.165, 1.54) is 5.56 Å². The van der Waals surface area contributed by atoms with Crippen LogP contribution in [0.3, 0.4) is 0 Å². The van der Waals surface area contributed by atoms with Gasteiger partial charge in [-0.15, -0.1) is 0 Å². The lowest BCUT2D eigenvalue weighted by Gasteiger charge is -2.40. The summed E-state index contributed by atoms with van der Waals surface area (Å²) in [6.07, 6.45) is 1.81. The van der Waals surface area contributed by atoms with Crippen LogP contribution in [0.2, 0.25) is 0 Å². The van der Waals surface area contributed by atoms with E-state index in [2.05, 4.69) is 31.0 Å². The molecule has 1 saturated heterocycles. The third kappa shape index (κ3) is 4.05. The van der Waals surface area contributed by atoms with Crippen molar-refractivity contribution >= 4 is 5.91 Å². The molecule has 21 heavy (non-hydrogen) atoms. The predicted molar refractivity (Wildman–Crippen MR) is 86.0 cm³/mol. The van der Waals surface area contributed by atoms with E-state index in [1.54, 1.807) is 0 Å². The fraction of sp³-hybridized carbons (Fsp3) is 0.588. The van der Waals surface area contributed by atoms with Crippen molar-refractivity contribution < 1.29 is 4.79 Å². The number of amides is 1. The van der Waals surface area contributed by atoms with Gasteiger partial charge in [-0.3, -0.25) is 9.69 Å². The Balaban J connectivity index is 1.99. The molecule has 0 aliphatic carbocycles. The number of nitrogens with two attached hydrogens (primary N) is 1. The number of hydrogen-bond donors (Lipinski definition) is 1. The lowest BCUT2D eigenvalue weighted by molar-refractivity contribution is -0.138. The SMILES string of the molecule is CCC1CN(C(=O)C(CN)Cc2ccccc2)CCN1C. The first-order valence-corrected chi connectivity index (χ1v) is 7.88. The van der Waals surface area contributed by atoms with Crippen LogP contribution < -0.4 is 5.73 Å². The standard InChI is InChI=1S/C17H27N3O/c1-3-16-13-20(10-9-19(16)2)17(21)15(12-18)11-14-7-5-4-6-8-14/h4-8,15-16H,3,9-13,18H2,1-2H3. The van der Waals surface area contributed by atoms with Crippen molar-refractivity contribution in [2.75, 3.05) is 33.2 Å². The number of benzene rings is 1. The maximum atomic E-state index is 12.7. The molecule has 0 bridgehead atoms. The second kappa shape index (κ2) is 7.57. The summed E-state index contributed by atoms with van der Waals surface area (Å²) in [5.41, 5.74) is 7.05. The summed E-state index contributed by atoms with van der Waals surface area (Å²) in [6, 6.07) is 10.6. The van der Waals surface area contributed by atoms with Crippen LogP contribution in [0.4, 0.5) is 0 Å². The zero-order valence-corrected chi connectivity index (χ0v) is 13.2. The summed E-state index contributed by atoms with van der Waals surface area (Å²) in [5.74, 6) is 0.112.